The molecule has 0 fully saturated rings. The Morgan fingerprint density at radius 3 is 2.53 bits per heavy atom. The average Bonchev–Trinajstić information content (AvgIpc) is 3.03. The van der Waals surface area contributed by atoms with Crippen LogP contribution in [0.1, 0.15) is 23.1 Å². The topological polar surface area (TPSA) is 50.8 Å². The zero-order valence-electron chi connectivity index (χ0n) is 20.4. The smallest absolute Gasteiger partial charge is 0.251 e. The fourth-order valence-corrected chi connectivity index (χ4v) is 3.81. The van der Waals surface area contributed by atoms with E-state index < -0.39 is 0 Å². The molecule has 0 radical (unpaired) electrons. The van der Waals surface area contributed by atoms with Crippen LogP contribution >= 0.6 is 0 Å². The van der Waals surface area contributed by atoms with Crippen molar-refractivity contribution < 1.29 is 14.3 Å². The van der Waals surface area contributed by atoms with Crippen molar-refractivity contribution in [2.45, 2.75) is 20.3 Å². The summed E-state index contributed by atoms with van der Waals surface area (Å²) >= 11 is 0. The summed E-state index contributed by atoms with van der Waals surface area (Å²) in [6.07, 6.45) is 2.48. The molecule has 1 N–H and O–H groups in total. The van der Waals surface area contributed by atoms with Gasteiger partial charge in [-0.3, -0.25) is 4.79 Å². The minimum absolute atomic E-state index is 0.125. The Morgan fingerprint density at radius 2 is 1.76 bits per heavy atom. The fraction of sp³-hybridized carbons (Fsp3) is 0.276. The number of aryl methyl sites for hydroxylation is 2. The van der Waals surface area contributed by atoms with Gasteiger partial charge in [0.2, 0.25) is 0 Å². The first-order valence-electron chi connectivity index (χ1n) is 11.6. The van der Waals surface area contributed by atoms with Gasteiger partial charge >= 0.3 is 0 Å². The van der Waals surface area contributed by atoms with Gasteiger partial charge in [0.15, 0.2) is 0 Å². The number of anilines is 1. The van der Waals surface area contributed by atoms with Crippen LogP contribution in [0.5, 0.6) is 11.5 Å². The molecule has 5 heteroatoms. The first kappa shape index (κ1) is 23.6. The number of rotatable bonds is 7. The van der Waals surface area contributed by atoms with Crippen LogP contribution in [-0.2, 0) is 4.79 Å². The summed E-state index contributed by atoms with van der Waals surface area (Å²) in [5.41, 5.74) is 6.82. The lowest BCUT2D eigenvalue weighted by Gasteiger charge is -2.14. The Bertz CT molecular complexity index is 1200. The van der Waals surface area contributed by atoms with Crippen molar-refractivity contribution >= 4 is 17.7 Å². The molecule has 0 aliphatic carbocycles. The van der Waals surface area contributed by atoms with E-state index in [1.165, 1.54) is 5.56 Å². The molecule has 1 heterocycles. The van der Waals surface area contributed by atoms with Crippen LogP contribution in [0.2, 0.25) is 0 Å². The normalized spacial score (nSPS) is 12.9. The Balaban J connectivity index is 1.53. The second kappa shape index (κ2) is 10.6. The lowest BCUT2D eigenvalue weighted by molar-refractivity contribution is -0.113. The number of carbonyl (C=O) groups excluding carboxylic acids is 1. The fourth-order valence-electron chi connectivity index (χ4n) is 3.81. The standard InChI is InChI=1S/C29H32N2O3/c1-20-5-8-22(9-6-20)23-10-12-27-25(17-23)18-24(13-15-33-27)29(32)30-26-11-7-21(2)28(19-26)34-16-14-31(3)4/h5-12,17-19H,13-16H2,1-4H3,(H,30,32). The molecule has 1 amide bonds. The van der Waals surface area contributed by atoms with Crippen molar-refractivity contribution in [3.63, 3.8) is 0 Å². The molecule has 3 aromatic rings. The van der Waals surface area contributed by atoms with Crippen molar-refractivity contribution in [1.82, 2.24) is 4.90 Å². The molecule has 1 aliphatic rings. The second-order valence-corrected chi connectivity index (χ2v) is 8.97. The number of ether oxygens (including phenoxy) is 2. The van der Waals surface area contributed by atoms with Crippen molar-refractivity contribution in [3.05, 3.63) is 82.9 Å². The van der Waals surface area contributed by atoms with Gasteiger partial charge < -0.3 is 19.7 Å². The molecule has 0 saturated carbocycles. The summed E-state index contributed by atoms with van der Waals surface area (Å²) < 4.78 is 11.8. The predicted molar refractivity (Wildman–Crippen MR) is 139 cm³/mol. The maximum Gasteiger partial charge on any atom is 0.251 e. The van der Waals surface area contributed by atoms with Gasteiger partial charge in [-0.2, -0.15) is 0 Å². The zero-order chi connectivity index (χ0) is 24.1. The van der Waals surface area contributed by atoms with Crippen LogP contribution in [0.4, 0.5) is 5.69 Å². The van der Waals surface area contributed by atoms with Crippen molar-refractivity contribution in [1.29, 1.82) is 0 Å². The van der Waals surface area contributed by atoms with Gasteiger partial charge in [-0.15, -0.1) is 0 Å². The van der Waals surface area contributed by atoms with E-state index in [1.54, 1.807) is 0 Å². The van der Waals surface area contributed by atoms with Gasteiger partial charge in [0.05, 0.1) is 6.61 Å². The molecule has 0 spiro atoms. The SMILES string of the molecule is Cc1ccc(-c2ccc3c(c2)C=C(C(=O)Nc2ccc(C)c(OCCN(C)C)c2)CCO3)cc1. The van der Waals surface area contributed by atoms with Crippen LogP contribution < -0.4 is 14.8 Å². The molecule has 4 rings (SSSR count). The third-order valence-electron chi connectivity index (χ3n) is 5.89. The number of amides is 1. The highest BCUT2D eigenvalue weighted by Crippen LogP contribution is 2.32. The van der Waals surface area contributed by atoms with Crippen LogP contribution in [0.15, 0.2) is 66.2 Å². The molecule has 0 bridgehead atoms. The quantitative estimate of drug-likeness (QED) is 0.494. The molecular weight excluding hydrogens is 424 g/mol. The first-order valence-corrected chi connectivity index (χ1v) is 11.6. The molecule has 0 atom stereocenters. The number of nitrogens with one attached hydrogen (secondary N) is 1. The summed E-state index contributed by atoms with van der Waals surface area (Å²) in [6, 6.07) is 20.3. The van der Waals surface area contributed by atoms with E-state index in [-0.39, 0.29) is 5.91 Å². The number of hydrogen-bond donors (Lipinski definition) is 1. The van der Waals surface area contributed by atoms with Crippen LogP contribution in [-0.4, -0.2) is 44.7 Å². The number of carbonyl (C=O) groups is 1. The highest BCUT2D eigenvalue weighted by molar-refractivity contribution is 6.07. The highest BCUT2D eigenvalue weighted by atomic mass is 16.5. The van der Waals surface area contributed by atoms with E-state index in [0.717, 1.165) is 46.0 Å². The minimum Gasteiger partial charge on any atom is -0.493 e. The van der Waals surface area contributed by atoms with Gasteiger partial charge in [0.1, 0.15) is 18.1 Å². The van der Waals surface area contributed by atoms with Gasteiger partial charge in [0.25, 0.3) is 5.91 Å². The number of benzene rings is 3. The zero-order valence-corrected chi connectivity index (χ0v) is 20.4. The number of fused-ring (bicyclic) bond motifs is 1. The third kappa shape index (κ3) is 5.86. The van der Waals surface area contributed by atoms with Gasteiger partial charge in [0, 0.05) is 35.9 Å². The third-order valence-corrected chi connectivity index (χ3v) is 5.89. The molecule has 0 aromatic heterocycles. The molecule has 1 aliphatic heterocycles. The molecule has 3 aromatic carbocycles. The molecule has 34 heavy (non-hydrogen) atoms. The maximum atomic E-state index is 13.1. The lowest BCUT2D eigenvalue weighted by Crippen LogP contribution is -2.20. The van der Waals surface area contributed by atoms with Crippen molar-refractivity contribution in [3.8, 4) is 22.6 Å². The van der Waals surface area contributed by atoms with E-state index in [4.69, 9.17) is 9.47 Å². The van der Waals surface area contributed by atoms with Crippen LogP contribution in [0.25, 0.3) is 17.2 Å². The Hall–Kier alpha value is -3.57. The van der Waals surface area contributed by atoms with Crippen molar-refractivity contribution in [2.24, 2.45) is 0 Å². The van der Waals surface area contributed by atoms with Gasteiger partial charge in [-0.1, -0.05) is 42.0 Å². The van der Waals surface area contributed by atoms with E-state index in [1.807, 2.05) is 51.4 Å². The molecule has 5 nitrogen and oxygen atoms in total. The number of likely N-dealkylation sites (N-methyl/N-ethyl adjacent to an activating group) is 1. The number of hydrogen-bond acceptors (Lipinski definition) is 4. The van der Waals surface area contributed by atoms with Crippen LogP contribution in [0, 0.1) is 13.8 Å². The summed E-state index contributed by atoms with van der Waals surface area (Å²) in [5, 5.41) is 3.04. The highest BCUT2D eigenvalue weighted by Gasteiger charge is 2.17. The van der Waals surface area contributed by atoms with Crippen molar-refractivity contribution in [2.75, 3.05) is 39.2 Å². The number of nitrogens with zero attached hydrogens (tertiary/aromatic N) is 1. The summed E-state index contributed by atoms with van der Waals surface area (Å²) in [4.78, 5) is 15.2. The monoisotopic (exact) mass is 456 g/mol. The molecular formula is C29H32N2O3. The van der Waals surface area contributed by atoms with Crippen LogP contribution in [0.3, 0.4) is 0 Å². The molecule has 0 saturated heterocycles. The summed E-state index contributed by atoms with van der Waals surface area (Å²) in [5.74, 6) is 1.46. The second-order valence-electron chi connectivity index (χ2n) is 8.97. The van der Waals surface area contributed by atoms with E-state index >= 15 is 0 Å². The van der Waals surface area contributed by atoms with E-state index in [0.29, 0.717) is 25.2 Å². The average molecular weight is 457 g/mol. The minimum atomic E-state index is -0.125. The molecule has 0 unspecified atom stereocenters. The Labute approximate surface area is 202 Å². The summed E-state index contributed by atoms with van der Waals surface area (Å²) in [7, 11) is 4.03. The van der Waals surface area contributed by atoms with E-state index in [2.05, 4.69) is 53.5 Å². The predicted octanol–water partition coefficient (Wildman–Crippen LogP) is 5.72. The lowest BCUT2D eigenvalue weighted by atomic mass is 10.00. The largest absolute Gasteiger partial charge is 0.493 e. The van der Waals surface area contributed by atoms with Gasteiger partial charge in [-0.05, 0) is 68.9 Å². The molecule has 176 valence electrons. The maximum absolute atomic E-state index is 13.1. The van der Waals surface area contributed by atoms with Gasteiger partial charge in [-0.25, -0.2) is 0 Å². The Kier molecular flexibility index (Phi) is 7.33. The van der Waals surface area contributed by atoms with E-state index in [9.17, 15) is 4.79 Å². The first-order chi connectivity index (χ1) is 16.4. The summed E-state index contributed by atoms with van der Waals surface area (Å²) in [6.45, 7) is 5.96. The Morgan fingerprint density at radius 1 is 1.00 bits per heavy atom.